The molecule has 2 rings (SSSR count). The van der Waals surface area contributed by atoms with Gasteiger partial charge in [0.05, 0.1) is 0 Å². The first-order chi connectivity index (χ1) is 10.5. The number of unbranched alkanes of at least 4 members (excludes halogenated alkanes) is 1. The molecule has 0 spiro atoms. The molecule has 0 aliphatic carbocycles. The van der Waals surface area contributed by atoms with Crippen molar-refractivity contribution >= 4 is 10.2 Å². The second kappa shape index (κ2) is 8.06. The maximum atomic E-state index is 12.3. The van der Waals surface area contributed by atoms with E-state index in [4.69, 9.17) is 0 Å². The van der Waals surface area contributed by atoms with E-state index in [9.17, 15) is 8.42 Å². The van der Waals surface area contributed by atoms with Gasteiger partial charge in [-0.05, 0) is 18.4 Å². The van der Waals surface area contributed by atoms with Crippen LogP contribution in [0.15, 0.2) is 30.3 Å². The highest BCUT2D eigenvalue weighted by atomic mass is 32.2. The van der Waals surface area contributed by atoms with E-state index in [1.807, 2.05) is 18.2 Å². The van der Waals surface area contributed by atoms with Gasteiger partial charge in [0, 0.05) is 39.3 Å². The molecule has 0 amide bonds. The van der Waals surface area contributed by atoms with E-state index in [0.29, 0.717) is 6.54 Å². The molecule has 6 heteroatoms. The maximum absolute atomic E-state index is 12.3. The molecular weight excluding hydrogens is 298 g/mol. The van der Waals surface area contributed by atoms with Crippen LogP contribution in [0.4, 0.5) is 0 Å². The van der Waals surface area contributed by atoms with Gasteiger partial charge in [-0.1, -0.05) is 43.7 Å². The average molecular weight is 325 g/mol. The number of nitrogens with zero attached hydrogens (tertiary/aromatic N) is 2. The van der Waals surface area contributed by atoms with Crippen molar-refractivity contribution in [3.05, 3.63) is 35.9 Å². The van der Waals surface area contributed by atoms with Gasteiger partial charge in [0.1, 0.15) is 0 Å². The minimum Gasteiger partial charge on any atom is -0.297 e. The Morgan fingerprint density at radius 1 is 1.32 bits per heavy atom. The zero-order valence-electron chi connectivity index (χ0n) is 13.5. The molecule has 1 aromatic carbocycles. The summed E-state index contributed by atoms with van der Waals surface area (Å²) >= 11 is 0. The predicted octanol–water partition coefficient (Wildman–Crippen LogP) is 1.83. The minimum atomic E-state index is -3.36. The number of benzene rings is 1. The van der Waals surface area contributed by atoms with Crippen LogP contribution in [0.2, 0.25) is 0 Å². The third-order valence-corrected chi connectivity index (χ3v) is 5.71. The Bertz CT molecular complexity index is 548. The van der Waals surface area contributed by atoms with Crippen LogP contribution in [0.1, 0.15) is 31.7 Å². The first-order valence-electron chi connectivity index (χ1n) is 8.01. The second-order valence-electron chi connectivity index (χ2n) is 6.00. The topological polar surface area (TPSA) is 52.7 Å². The van der Waals surface area contributed by atoms with Crippen LogP contribution >= 0.6 is 0 Å². The van der Waals surface area contributed by atoms with Crippen molar-refractivity contribution in [3.8, 4) is 0 Å². The lowest BCUT2D eigenvalue weighted by Crippen LogP contribution is -2.45. The van der Waals surface area contributed by atoms with E-state index in [1.165, 1.54) is 9.87 Å². The Morgan fingerprint density at radius 3 is 2.73 bits per heavy atom. The van der Waals surface area contributed by atoms with Gasteiger partial charge < -0.3 is 0 Å². The fraction of sp³-hybridized carbons (Fsp3) is 0.625. The largest absolute Gasteiger partial charge is 0.297 e. The van der Waals surface area contributed by atoms with Crippen LogP contribution < -0.4 is 4.72 Å². The monoisotopic (exact) mass is 325 g/mol. The van der Waals surface area contributed by atoms with Crippen LogP contribution in [0, 0.1) is 0 Å². The van der Waals surface area contributed by atoms with E-state index in [-0.39, 0.29) is 6.04 Å². The predicted molar refractivity (Wildman–Crippen MR) is 89.7 cm³/mol. The average Bonchev–Trinajstić information content (AvgIpc) is 2.92. The molecule has 1 fully saturated rings. The van der Waals surface area contributed by atoms with Crippen LogP contribution in [0.5, 0.6) is 0 Å². The minimum absolute atomic E-state index is 0.0118. The molecule has 1 saturated heterocycles. The molecule has 1 N–H and O–H groups in total. The summed E-state index contributed by atoms with van der Waals surface area (Å²) in [4.78, 5) is 2.30. The molecule has 0 saturated carbocycles. The summed E-state index contributed by atoms with van der Waals surface area (Å²) in [6.45, 7) is 5.22. The Labute approximate surface area is 134 Å². The highest BCUT2D eigenvalue weighted by molar-refractivity contribution is 7.87. The molecule has 1 aromatic rings. The maximum Gasteiger partial charge on any atom is 0.279 e. The van der Waals surface area contributed by atoms with Crippen molar-refractivity contribution in [2.75, 3.05) is 26.7 Å². The van der Waals surface area contributed by atoms with Gasteiger partial charge in [-0.25, -0.2) is 0 Å². The molecule has 1 atom stereocenters. The number of hydrogen-bond donors (Lipinski definition) is 1. The molecule has 1 heterocycles. The van der Waals surface area contributed by atoms with Crippen LogP contribution in [-0.4, -0.2) is 50.3 Å². The SMILES string of the molecule is CCCCN(C)S(=O)(=O)NC1CCN(Cc2ccccc2)C1. The molecule has 0 aromatic heterocycles. The third kappa shape index (κ3) is 5.05. The fourth-order valence-electron chi connectivity index (χ4n) is 2.72. The van der Waals surface area contributed by atoms with Crippen LogP contribution in [-0.2, 0) is 16.8 Å². The van der Waals surface area contributed by atoms with Crippen molar-refractivity contribution in [2.45, 2.75) is 38.8 Å². The van der Waals surface area contributed by atoms with E-state index >= 15 is 0 Å². The van der Waals surface area contributed by atoms with Gasteiger partial charge in [-0.15, -0.1) is 0 Å². The van der Waals surface area contributed by atoms with Gasteiger partial charge in [0.25, 0.3) is 10.2 Å². The Balaban J connectivity index is 1.83. The normalized spacial score (nSPS) is 19.9. The summed E-state index contributed by atoms with van der Waals surface area (Å²) in [5, 5.41) is 0. The fourth-order valence-corrected chi connectivity index (χ4v) is 3.88. The molecule has 1 aliphatic heterocycles. The van der Waals surface area contributed by atoms with E-state index < -0.39 is 10.2 Å². The lowest BCUT2D eigenvalue weighted by atomic mass is 10.2. The summed E-state index contributed by atoms with van der Waals surface area (Å²) in [5.41, 5.74) is 1.27. The molecule has 1 unspecified atom stereocenters. The molecule has 1 aliphatic rings. The Morgan fingerprint density at radius 2 is 2.05 bits per heavy atom. The van der Waals surface area contributed by atoms with Gasteiger partial charge >= 0.3 is 0 Å². The standard InChI is InChI=1S/C16H27N3O2S/c1-3-4-11-18(2)22(20,21)17-16-10-12-19(14-16)13-15-8-6-5-7-9-15/h5-9,16-17H,3-4,10-14H2,1-2H3. The third-order valence-electron chi connectivity index (χ3n) is 4.07. The Hall–Kier alpha value is -0.950. The number of nitrogens with one attached hydrogen (secondary N) is 1. The lowest BCUT2D eigenvalue weighted by Gasteiger charge is -2.21. The lowest BCUT2D eigenvalue weighted by molar-refractivity contribution is 0.323. The van der Waals surface area contributed by atoms with Crippen LogP contribution in [0.3, 0.4) is 0 Å². The first-order valence-corrected chi connectivity index (χ1v) is 9.45. The molecule has 124 valence electrons. The Kier molecular flexibility index (Phi) is 6.37. The molecule has 0 bridgehead atoms. The van der Waals surface area contributed by atoms with Crippen molar-refractivity contribution in [1.82, 2.24) is 13.9 Å². The van der Waals surface area contributed by atoms with E-state index in [0.717, 1.165) is 38.9 Å². The molecular formula is C16H27N3O2S. The summed E-state index contributed by atoms with van der Waals surface area (Å²) in [7, 11) is -1.71. The quantitative estimate of drug-likeness (QED) is 0.793. The van der Waals surface area contributed by atoms with Crippen molar-refractivity contribution in [1.29, 1.82) is 0 Å². The van der Waals surface area contributed by atoms with Crippen LogP contribution in [0.25, 0.3) is 0 Å². The summed E-state index contributed by atoms with van der Waals surface area (Å²) < 4.78 is 28.8. The van der Waals surface area contributed by atoms with Gasteiger partial charge in [-0.3, -0.25) is 4.90 Å². The molecule has 5 nitrogen and oxygen atoms in total. The van der Waals surface area contributed by atoms with Gasteiger partial charge in [0.15, 0.2) is 0 Å². The van der Waals surface area contributed by atoms with Crippen molar-refractivity contribution < 1.29 is 8.42 Å². The van der Waals surface area contributed by atoms with E-state index in [1.54, 1.807) is 7.05 Å². The smallest absolute Gasteiger partial charge is 0.279 e. The highest BCUT2D eigenvalue weighted by Crippen LogP contribution is 2.14. The number of rotatable bonds is 8. The van der Waals surface area contributed by atoms with E-state index in [2.05, 4.69) is 28.7 Å². The molecule has 22 heavy (non-hydrogen) atoms. The van der Waals surface area contributed by atoms with Crippen molar-refractivity contribution in [3.63, 3.8) is 0 Å². The van der Waals surface area contributed by atoms with Gasteiger partial charge in [0.2, 0.25) is 0 Å². The number of likely N-dealkylation sites (tertiary alicyclic amines) is 1. The highest BCUT2D eigenvalue weighted by Gasteiger charge is 2.28. The summed E-state index contributed by atoms with van der Waals surface area (Å²) in [6.07, 6.45) is 2.75. The van der Waals surface area contributed by atoms with Crippen molar-refractivity contribution in [2.24, 2.45) is 0 Å². The molecule has 0 radical (unpaired) electrons. The zero-order valence-corrected chi connectivity index (χ0v) is 14.3. The summed E-state index contributed by atoms with van der Waals surface area (Å²) in [6, 6.07) is 10.3. The first kappa shape index (κ1) is 17.4. The summed E-state index contributed by atoms with van der Waals surface area (Å²) in [5.74, 6) is 0. The second-order valence-corrected chi connectivity index (χ2v) is 7.81. The number of hydrogen-bond acceptors (Lipinski definition) is 3. The van der Waals surface area contributed by atoms with Gasteiger partial charge in [-0.2, -0.15) is 17.4 Å². The zero-order chi connectivity index (χ0) is 16.0.